The molecule has 1 aromatic heterocycles. The molecule has 3 aromatic rings. The Bertz CT molecular complexity index is 1320. The van der Waals surface area contributed by atoms with E-state index in [4.69, 9.17) is 4.74 Å². The van der Waals surface area contributed by atoms with Crippen molar-refractivity contribution in [1.29, 1.82) is 0 Å². The third kappa shape index (κ3) is 5.26. The van der Waals surface area contributed by atoms with Crippen molar-refractivity contribution in [1.82, 2.24) is 0 Å². The number of aryl methyl sites for hydroxylation is 2. The minimum atomic E-state index is -4.01. The fourth-order valence-corrected chi connectivity index (χ4v) is 6.88. The van der Waals surface area contributed by atoms with Gasteiger partial charge in [-0.05, 0) is 68.0 Å². The molecule has 4 rings (SSSR count). The maximum Gasteiger partial charge on any atom is 0.341 e. The molecule has 0 saturated heterocycles. The van der Waals surface area contributed by atoms with Gasteiger partial charge < -0.3 is 10.1 Å². The number of hydrogen-bond acceptors (Lipinski definition) is 6. The van der Waals surface area contributed by atoms with Crippen LogP contribution in [0.15, 0.2) is 59.5 Å². The number of carbonyl (C=O) groups excluding carboxylic acids is 2. The second kappa shape index (κ2) is 10.6. The molecule has 9 heteroatoms. The van der Waals surface area contributed by atoms with Gasteiger partial charge in [-0.1, -0.05) is 37.3 Å². The number of rotatable bonds is 9. The molecule has 0 fully saturated rings. The summed E-state index contributed by atoms with van der Waals surface area (Å²) in [4.78, 5) is 27.0. The molecule has 0 atom stereocenters. The zero-order chi connectivity index (χ0) is 25.0. The van der Waals surface area contributed by atoms with Gasteiger partial charge in [-0.15, -0.1) is 11.3 Å². The molecule has 7 nitrogen and oxygen atoms in total. The summed E-state index contributed by atoms with van der Waals surface area (Å²) in [5, 5.41) is 3.21. The van der Waals surface area contributed by atoms with E-state index in [1.54, 1.807) is 37.3 Å². The molecular formula is C26H28N2O5S2. The molecule has 1 heterocycles. The summed E-state index contributed by atoms with van der Waals surface area (Å²) < 4.78 is 33.4. The molecule has 0 radical (unpaired) electrons. The SMILES string of the molecule is CCOC(=O)c1c(NC(=O)CN(c2ccc(CC)cc2)S(=O)(=O)c2ccccc2)sc2c1CCC2. The first kappa shape index (κ1) is 24.9. The molecule has 1 amide bonds. The standard InChI is InChI=1S/C26H28N2O5S2/c1-3-18-13-15-19(16-14-18)28(35(31,32)20-9-6-5-7-10-20)17-23(29)27-25-24(26(30)33-4-2)21-11-8-12-22(21)34-25/h5-7,9-10,13-16H,3-4,8,11-12,17H2,1-2H3,(H,27,29). The number of thiophene rings is 1. The highest BCUT2D eigenvalue weighted by atomic mass is 32.2. The zero-order valence-electron chi connectivity index (χ0n) is 19.7. The van der Waals surface area contributed by atoms with Crippen LogP contribution >= 0.6 is 11.3 Å². The van der Waals surface area contributed by atoms with Crippen molar-refractivity contribution in [2.24, 2.45) is 0 Å². The number of fused-ring (bicyclic) bond motifs is 1. The lowest BCUT2D eigenvalue weighted by Crippen LogP contribution is -2.38. The lowest BCUT2D eigenvalue weighted by Gasteiger charge is -2.24. The predicted molar refractivity (Wildman–Crippen MR) is 138 cm³/mol. The van der Waals surface area contributed by atoms with E-state index in [1.165, 1.54) is 23.5 Å². The number of sulfonamides is 1. The van der Waals surface area contributed by atoms with Crippen LogP contribution in [0.4, 0.5) is 10.7 Å². The molecule has 0 saturated carbocycles. The van der Waals surface area contributed by atoms with Crippen LogP contribution in [0.5, 0.6) is 0 Å². The Morgan fingerprint density at radius 3 is 2.40 bits per heavy atom. The van der Waals surface area contributed by atoms with E-state index in [1.807, 2.05) is 19.1 Å². The number of anilines is 2. The molecule has 2 aromatic carbocycles. The highest BCUT2D eigenvalue weighted by Gasteiger charge is 2.31. The number of amides is 1. The summed E-state index contributed by atoms with van der Waals surface area (Å²) in [5.41, 5.74) is 2.76. The van der Waals surface area contributed by atoms with Gasteiger partial charge in [0.15, 0.2) is 0 Å². The Kier molecular flexibility index (Phi) is 7.57. The van der Waals surface area contributed by atoms with Crippen LogP contribution in [-0.2, 0) is 38.8 Å². The van der Waals surface area contributed by atoms with Gasteiger partial charge in [0.1, 0.15) is 11.5 Å². The van der Waals surface area contributed by atoms with Crippen LogP contribution in [0, 0.1) is 0 Å². The van der Waals surface area contributed by atoms with Crippen LogP contribution in [-0.4, -0.2) is 33.4 Å². The van der Waals surface area contributed by atoms with E-state index in [0.29, 0.717) is 16.3 Å². The maximum absolute atomic E-state index is 13.5. The van der Waals surface area contributed by atoms with Crippen LogP contribution in [0.2, 0.25) is 0 Å². The average Bonchev–Trinajstić information content (AvgIpc) is 3.44. The van der Waals surface area contributed by atoms with Crippen LogP contribution < -0.4 is 9.62 Å². The number of benzene rings is 2. The molecular weight excluding hydrogens is 484 g/mol. The first-order valence-electron chi connectivity index (χ1n) is 11.6. The molecule has 1 aliphatic rings. The quantitative estimate of drug-likeness (QED) is 0.416. The number of esters is 1. The van der Waals surface area contributed by atoms with Gasteiger partial charge >= 0.3 is 5.97 Å². The van der Waals surface area contributed by atoms with Gasteiger partial charge in [-0.2, -0.15) is 0 Å². The van der Waals surface area contributed by atoms with Crippen molar-refractivity contribution < 1.29 is 22.7 Å². The second-order valence-electron chi connectivity index (χ2n) is 8.17. The third-order valence-corrected chi connectivity index (χ3v) is 8.90. The van der Waals surface area contributed by atoms with E-state index < -0.39 is 28.4 Å². The van der Waals surface area contributed by atoms with Crippen molar-refractivity contribution in [3.8, 4) is 0 Å². The normalized spacial score (nSPS) is 12.7. The van der Waals surface area contributed by atoms with E-state index in [0.717, 1.165) is 46.0 Å². The van der Waals surface area contributed by atoms with Gasteiger partial charge in [0.2, 0.25) is 5.91 Å². The van der Waals surface area contributed by atoms with Crippen molar-refractivity contribution in [3.05, 3.63) is 76.2 Å². The van der Waals surface area contributed by atoms with Crippen LogP contribution in [0.1, 0.15) is 46.6 Å². The topological polar surface area (TPSA) is 92.8 Å². The third-order valence-electron chi connectivity index (χ3n) is 5.90. The second-order valence-corrected chi connectivity index (χ2v) is 11.1. The van der Waals surface area contributed by atoms with Crippen molar-refractivity contribution >= 4 is 43.9 Å². The molecule has 1 N–H and O–H groups in total. The lowest BCUT2D eigenvalue weighted by atomic mass is 10.1. The molecule has 35 heavy (non-hydrogen) atoms. The number of hydrogen-bond donors (Lipinski definition) is 1. The molecule has 0 spiro atoms. The van der Waals surface area contributed by atoms with Crippen LogP contribution in [0.25, 0.3) is 0 Å². The van der Waals surface area contributed by atoms with Gasteiger partial charge in [-0.3, -0.25) is 9.10 Å². The van der Waals surface area contributed by atoms with Crippen LogP contribution in [0.3, 0.4) is 0 Å². The monoisotopic (exact) mass is 512 g/mol. The van der Waals surface area contributed by atoms with Gasteiger partial charge in [0.05, 0.1) is 22.8 Å². The van der Waals surface area contributed by atoms with Gasteiger partial charge in [0, 0.05) is 4.88 Å². The first-order chi connectivity index (χ1) is 16.8. The largest absolute Gasteiger partial charge is 0.462 e. The smallest absolute Gasteiger partial charge is 0.341 e. The Balaban J connectivity index is 1.65. The van der Waals surface area contributed by atoms with E-state index >= 15 is 0 Å². The summed E-state index contributed by atoms with van der Waals surface area (Å²) in [7, 11) is -4.01. The highest BCUT2D eigenvalue weighted by Crippen LogP contribution is 2.39. The summed E-state index contributed by atoms with van der Waals surface area (Å²) in [6.07, 6.45) is 3.37. The summed E-state index contributed by atoms with van der Waals surface area (Å²) in [5.74, 6) is -0.999. The van der Waals surface area contributed by atoms with Crippen molar-refractivity contribution in [3.63, 3.8) is 0 Å². The maximum atomic E-state index is 13.5. The van der Waals surface area contributed by atoms with E-state index in [-0.39, 0.29) is 11.5 Å². The minimum Gasteiger partial charge on any atom is -0.462 e. The Hall–Kier alpha value is -3.17. The lowest BCUT2D eigenvalue weighted by molar-refractivity contribution is -0.114. The summed E-state index contributed by atoms with van der Waals surface area (Å²) in [6, 6.07) is 15.1. The predicted octanol–water partition coefficient (Wildman–Crippen LogP) is 4.81. The number of ether oxygens (including phenoxy) is 1. The molecule has 1 aliphatic carbocycles. The van der Waals surface area contributed by atoms with E-state index in [9.17, 15) is 18.0 Å². The summed E-state index contributed by atoms with van der Waals surface area (Å²) >= 11 is 1.36. The van der Waals surface area contributed by atoms with Crippen molar-refractivity contribution in [2.45, 2.75) is 44.4 Å². The molecule has 0 aliphatic heterocycles. The average molecular weight is 513 g/mol. The fraction of sp³-hybridized carbons (Fsp3) is 0.308. The highest BCUT2D eigenvalue weighted by molar-refractivity contribution is 7.92. The Morgan fingerprint density at radius 1 is 1.03 bits per heavy atom. The van der Waals surface area contributed by atoms with Gasteiger partial charge in [-0.25, -0.2) is 13.2 Å². The zero-order valence-corrected chi connectivity index (χ0v) is 21.4. The molecule has 0 unspecified atom stereocenters. The van der Waals surface area contributed by atoms with Crippen molar-refractivity contribution in [2.75, 3.05) is 22.8 Å². The summed E-state index contributed by atoms with van der Waals surface area (Å²) in [6.45, 7) is 3.54. The molecule has 0 bridgehead atoms. The van der Waals surface area contributed by atoms with E-state index in [2.05, 4.69) is 5.32 Å². The van der Waals surface area contributed by atoms with Gasteiger partial charge in [0.25, 0.3) is 10.0 Å². The number of carbonyl (C=O) groups is 2. The number of nitrogens with zero attached hydrogens (tertiary/aromatic N) is 1. The Labute approximate surface area is 209 Å². The Morgan fingerprint density at radius 2 is 1.74 bits per heavy atom. The minimum absolute atomic E-state index is 0.0923. The first-order valence-corrected chi connectivity index (χ1v) is 13.9. The molecule has 184 valence electrons. The number of nitrogens with one attached hydrogen (secondary N) is 1. The fourth-order valence-electron chi connectivity index (χ4n) is 4.14.